The minimum Gasteiger partial charge on any atom is -0.395 e. The number of halogens is 1. The molecule has 17 heavy (non-hydrogen) atoms. The van der Waals surface area contributed by atoms with Crippen molar-refractivity contribution < 1.29 is 9.50 Å². The summed E-state index contributed by atoms with van der Waals surface area (Å²) in [5.41, 5.74) is 6.76. The summed E-state index contributed by atoms with van der Waals surface area (Å²) in [5.74, 6) is 0.505. The van der Waals surface area contributed by atoms with Crippen molar-refractivity contribution in [2.75, 3.05) is 23.7 Å². The van der Waals surface area contributed by atoms with Gasteiger partial charge in [-0.05, 0) is 30.9 Å². The molecule has 0 aromatic heterocycles. The molecule has 1 aliphatic carbocycles. The Morgan fingerprint density at radius 2 is 2.12 bits per heavy atom. The van der Waals surface area contributed by atoms with E-state index in [-0.39, 0.29) is 17.6 Å². The molecule has 0 radical (unpaired) electrons. The molecule has 0 bridgehead atoms. The molecule has 4 heteroatoms. The van der Waals surface area contributed by atoms with E-state index in [4.69, 9.17) is 5.73 Å². The molecule has 2 fully saturated rings. The molecular formula is C13H17FN2O. The molecule has 2 aliphatic rings. The smallest absolute Gasteiger partial charge is 0.148 e. The molecule has 1 aromatic rings. The molecule has 3 N–H and O–H groups in total. The third-order valence-corrected chi connectivity index (χ3v) is 4.19. The zero-order valence-electron chi connectivity index (χ0n) is 9.64. The van der Waals surface area contributed by atoms with E-state index in [1.54, 1.807) is 6.07 Å². The Kier molecular flexibility index (Phi) is 2.47. The van der Waals surface area contributed by atoms with Crippen LogP contribution in [0.2, 0.25) is 0 Å². The van der Waals surface area contributed by atoms with Crippen molar-refractivity contribution in [3.05, 3.63) is 24.0 Å². The number of fused-ring (bicyclic) bond motifs is 1. The number of nitrogen functional groups attached to an aromatic ring is 1. The van der Waals surface area contributed by atoms with Crippen molar-refractivity contribution in [3.8, 4) is 0 Å². The molecule has 0 spiro atoms. The third-order valence-electron chi connectivity index (χ3n) is 4.19. The highest BCUT2D eigenvalue weighted by Gasteiger charge is 2.42. The van der Waals surface area contributed by atoms with Gasteiger partial charge in [0, 0.05) is 19.0 Å². The molecule has 3 unspecified atom stereocenters. The van der Waals surface area contributed by atoms with E-state index < -0.39 is 0 Å². The van der Waals surface area contributed by atoms with Crippen LogP contribution in [0.3, 0.4) is 0 Å². The lowest BCUT2D eigenvalue weighted by Gasteiger charge is -2.22. The van der Waals surface area contributed by atoms with Crippen LogP contribution in [-0.4, -0.2) is 24.3 Å². The maximum atomic E-state index is 13.4. The fraction of sp³-hybridized carbons (Fsp3) is 0.538. The minimum atomic E-state index is -0.361. The first-order valence-corrected chi connectivity index (χ1v) is 6.14. The summed E-state index contributed by atoms with van der Waals surface area (Å²) in [7, 11) is 0. The summed E-state index contributed by atoms with van der Waals surface area (Å²) in [4.78, 5) is 2.11. The second kappa shape index (κ2) is 3.88. The monoisotopic (exact) mass is 236 g/mol. The van der Waals surface area contributed by atoms with Crippen molar-refractivity contribution in [3.63, 3.8) is 0 Å². The molecule has 1 aliphatic heterocycles. The van der Waals surface area contributed by atoms with E-state index in [2.05, 4.69) is 4.90 Å². The first-order chi connectivity index (χ1) is 8.16. The number of aliphatic hydroxyl groups is 1. The van der Waals surface area contributed by atoms with Crippen LogP contribution in [0.5, 0.6) is 0 Å². The normalized spacial score (nSPS) is 31.9. The molecule has 92 valence electrons. The van der Waals surface area contributed by atoms with Gasteiger partial charge in [-0.2, -0.15) is 0 Å². The first kappa shape index (κ1) is 10.8. The van der Waals surface area contributed by atoms with E-state index in [0.717, 1.165) is 31.6 Å². The van der Waals surface area contributed by atoms with E-state index in [0.29, 0.717) is 11.8 Å². The van der Waals surface area contributed by atoms with Crippen LogP contribution < -0.4 is 10.6 Å². The number of aliphatic hydroxyl groups excluding tert-OH is 1. The van der Waals surface area contributed by atoms with Gasteiger partial charge in [-0.3, -0.25) is 0 Å². The maximum Gasteiger partial charge on any atom is 0.148 e. The Bertz CT molecular complexity index is 437. The number of anilines is 2. The van der Waals surface area contributed by atoms with Crippen molar-refractivity contribution in [2.24, 2.45) is 11.8 Å². The Balaban J connectivity index is 1.85. The number of hydrogen-bond donors (Lipinski definition) is 2. The van der Waals surface area contributed by atoms with Gasteiger partial charge < -0.3 is 15.7 Å². The highest BCUT2D eigenvalue weighted by molar-refractivity contribution is 5.68. The zero-order chi connectivity index (χ0) is 12.0. The van der Waals surface area contributed by atoms with Gasteiger partial charge in [-0.25, -0.2) is 4.39 Å². The van der Waals surface area contributed by atoms with Crippen LogP contribution in [0.1, 0.15) is 12.8 Å². The topological polar surface area (TPSA) is 49.5 Å². The molecule has 3 nitrogen and oxygen atoms in total. The Morgan fingerprint density at radius 3 is 2.88 bits per heavy atom. The number of rotatable bonds is 1. The summed E-state index contributed by atoms with van der Waals surface area (Å²) >= 11 is 0. The molecule has 1 aromatic carbocycles. The quantitative estimate of drug-likeness (QED) is 0.728. The summed E-state index contributed by atoms with van der Waals surface area (Å²) in [6.07, 6.45) is 1.78. The van der Waals surface area contributed by atoms with Crippen molar-refractivity contribution >= 4 is 11.4 Å². The summed E-state index contributed by atoms with van der Waals surface area (Å²) < 4.78 is 13.4. The third kappa shape index (κ3) is 1.67. The Morgan fingerprint density at radius 1 is 1.29 bits per heavy atom. The second-order valence-corrected chi connectivity index (χ2v) is 5.15. The average Bonchev–Trinajstić information content (AvgIpc) is 2.85. The summed E-state index contributed by atoms with van der Waals surface area (Å²) in [5, 5.41) is 9.86. The standard InChI is InChI=1S/C13H17FN2O/c14-10-2-1-3-11(13(10)15)16-6-8-4-5-12(17)9(8)7-16/h1-3,8-9,12,17H,4-7,15H2. The lowest BCUT2D eigenvalue weighted by Crippen LogP contribution is -2.25. The minimum absolute atomic E-state index is 0.195. The number of nitrogens with zero attached hydrogens (tertiary/aromatic N) is 1. The van der Waals surface area contributed by atoms with Crippen molar-refractivity contribution in [1.82, 2.24) is 0 Å². The summed E-state index contributed by atoms with van der Waals surface area (Å²) in [6.45, 7) is 1.68. The van der Waals surface area contributed by atoms with Crippen LogP contribution in [0, 0.1) is 17.7 Å². The van der Waals surface area contributed by atoms with Crippen molar-refractivity contribution in [1.29, 1.82) is 0 Å². The summed E-state index contributed by atoms with van der Waals surface area (Å²) in [6, 6.07) is 4.92. The molecule has 0 amide bonds. The number of hydrogen-bond acceptors (Lipinski definition) is 3. The van der Waals surface area contributed by atoms with Gasteiger partial charge >= 0.3 is 0 Å². The lowest BCUT2D eigenvalue weighted by molar-refractivity contribution is 0.133. The largest absolute Gasteiger partial charge is 0.395 e. The van der Waals surface area contributed by atoms with Gasteiger partial charge in [0.1, 0.15) is 5.82 Å². The fourth-order valence-corrected chi connectivity index (χ4v) is 3.23. The van der Waals surface area contributed by atoms with E-state index in [1.807, 2.05) is 6.07 Å². The van der Waals surface area contributed by atoms with Crippen LogP contribution >= 0.6 is 0 Å². The number of nitrogens with two attached hydrogens (primary N) is 1. The van der Waals surface area contributed by atoms with E-state index in [9.17, 15) is 9.50 Å². The number of para-hydroxylation sites is 1. The molecule has 1 heterocycles. The van der Waals surface area contributed by atoms with Gasteiger partial charge in [0.05, 0.1) is 17.5 Å². The lowest BCUT2D eigenvalue weighted by atomic mass is 10.00. The molecule has 1 saturated heterocycles. The van der Waals surface area contributed by atoms with Crippen LogP contribution in [0.15, 0.2) is 18.2 Å². The Labute approximate surface area is 100 Å². The first-order valence-electron chi connectivity index (χ1n) is 6.14. The molecule has 3 atom stereocenters. The highest BCUT2D eigenvalue weighted by Crippen LogP contribution is 2.41. The second-order valence-electron chi connectivity index (χ2n) is 5.15. The molecule has 1 saturated carbocycles. The number of benzene rings is 1. The van der Waals surface area contributed by atoms with Crippen LogP contribution in [-0.2, 0) is 0 Å². The van der Waals surface area contributed by atoms with Crippen LogP contribution in [0.25, 0.3) is 0 Å². The Hall–Kier alpha value is -1.29. The van der Waals surface area contributed by atoms with Crippen LogP contribution in [0.4, 0.5) is 15.8 Å². The predicted molar refractivity (Wildman–Crippen MR) is 65.2 cm³/mol. The van der Waals surface area contributed by atoms with E-state index in [1.165, 1.54) is 6.07 Å². The zero-order valence-corrected chi connectivity index (χ0v) is 9.64. The fourth-order valence-electron chi connectivity index (χ4n) is 3.23. The van der Waals surface area contributed by atoms with E-state index >= 15 is 0 Å². The van der Waals surface area contributed by atoms with Gasteiger partial charge in [0.25, 0.3) is 0 Å². The molecule has 3 rings (SSSR count). The average molecular weight is 236 g/mol. The van der Waals surface area contributed by atoms with Gasteiger partial charge in [0.2, 0.25) is 0 Å². The SMILES string of the molecule is Nc1c(F)cccc1N1CC2CCC(O)C2C1. The highest BCUT2D eigenvalue weighted by atomic mass is 19.1. The maximum absolute atomic E-state index is 13.4. The molecular weight excluding hydrogens is 219 g/mol. The van der Waals surface area contributed by atoms with Gasteiger partial charge in [0.15, 0.2) is 0 Å². The van der Waals surface area contributed by atoms with Crippen molar-refractivity contribution in [2.45, 2.75) is 18.9 Å². The van der Waals surface area contributed by atoms with Gasteiger partial charge in [-0.1, -0.05) is 6.07 Å². The van der Waals surface area contributed by atoms with Gasteiger partial charge in [-0.15, -0.1) is 0 Å². The predicted octanol–water partition coefficient (Wildman–Crippen LogP) is 1.61.